The molecular weight excluding hydrogens is 202 g/mol. The first-order valence-electron chi connectivity index (χ1n) is 5.59. The number of carbonyl (C=O) groups is 1. The van der Waals surface area contributed by atoms with Gasteiger partial charge in [-0.3, -0.25) is 4.79 Å². The molecule has 16 heavy (non-hydrogen) atoms. The zero-order chi connectivity index (χ0) is 11.8. The molecule has 0 aromatic heterocycles. The molecule has 1 aromatic rings. The second-order valence-electron chi connectivity index (χ2n) is 3.69. The molecule has 0 saturated heterocycles. The van der Waals surface area contributed by atoms with Gasteiger partial charge in [0.2, 0.25) is 5.91 Å². The molecule has 0 spiro atoms. The van der Waals surface area contributed by atoms with Crippen LogP contribution in [0.3, 0.4) is 0 Å². The fourth-order valence-electron chi connectivity index (χ4n) is 1.43. The Kier molecular flexibility index (Phi) is 5.57. The molecule has 1 aromatic carbocycles. The Balaban J connectivity index is 2.37. The number of aryl methyl sites for hydroxylation is 1. The van der Waals surface area contributed by atoms with Crippen molar-refractivity contribution in [1.29, 1.82) is 0 Å². The quantitative estimate of drug-likeness (QED) is 0.740. The minimum absolute atomic E-state index is 0.0429. The van der Waals surface area contributed by atoms with Gasteiger partial charge in [0.15, 0.2) is 0 Å². The molecule has 1 amide bonds. The van der Waals surface area contributed by atoms with E-state index in [1.165, 1.54) is 5.56 Å². The van der Waals surface area contributed by atoms with E-state index in [0.717, 1.165) is 12.0 Å². The van der Waals surface area contributed by atoms with Crippen LogP contribution in [-0.4, -0.2) is 26.2 Å². The SMILES string of the molecule is CCc1ccc(CC(=O)NCCOC)cc1. The van der Waals surface area contributed by atoms with Gasteiger partial charge in [-0.1, -0.05) is 31.2 Å². The van der Waals surface area contributed by atoms with Gasteiger partial charge in [0, 0.05) is 13.7 Å². The Hall–Kier alpha value is -1.35. The first kappa shape index (κ1) is 12.7. The van der Waals surface area contributed by atoms with Crippen molar-refractivity contribution in [2.45, 2.75) is 19.8 Å². The Morgan fingerprint density at radius 2 is 1.88 bits per heavy atom. The predicted octanol–water partition coefficient (Wildman–Crippen LogP) is 1.55. The third-order valence-corrected chi connectivity index (χ3v) is 2.42. The number of ether oxygens (including phenoxy) is 1. The lowest BCUT2D eigenvalue weighted by Crippen LogP contribution is -2.28. The van der Waals surface area contributed by atoms with Gasteiger partial charge in [-0.15, -0.1) is 0 Å². The minimum atomic E-state index is 0.0429. The Morgan fingerprint density at radius 1 is 1.25 bits per heavy atom. The van der Waals surface area contributed by atoms with E-state index in [1.807, 2.05) is 12.1 Å². The highest BCUT2D eigenvalue weighted by Gasteiger charge is 2.02. The van der Waals surface area contributed by atoms with Crippen molar-refractivity contribution < 1.29 is 9.53 Å². The second-order valence-corrected chi connectivity index (χ2v) is 3.69. The first-order chi connectivity index (χ1) is 7.76. The molecule has 0 heterocycles. The minimum Gasteiger partial charge on any atom is -0.383 e. The van der Waals surface area contributed by atoms with Crippen molar-refractivity contribution in [3.63, 3.8) is 0 Å². The Bertz CT molecular complexity index is 319. The van der Waals surface area contributed by atoms with Crippen LogP contribution in [0.1, 0.15) is 18.1 Å². The van der Waals surface area contributed by atoms with Crippen LogP contribution < -0.4 is 5.32 Å². The largest absolute Gasteiger partial charge is 0.383 e. The summed E-state index contributed by atoms with van der Waals surface area (Å²) in [6, 6.07) is 8.15. The molecule has 0 atom stereocenters. The molecule has 0 unspecified atom stereocenters. The second kappa shape index (κ2) is 7.01. The zero-order valence-corrected chi connectivity index (χ0v) is 9.95. The molecule has 0 radical (unpaired) electrons. The number of hydrogen-bond donors (Lipinski definition) is 1. The van der Waals surface area contributed by atoms with E-state index in [4.69, 9.17) is 4.74 Å². The number of carbonyl (C=O) groups excluding carboxylic acids is 1. The lowest BCUT2D eigenvalue weighted by atomic mass is 10.1. The molecule has 0 aliphatic carbocycles. The lowest BCUT2D eigenvalue weighted by molar-refractivity contribution is -0.120. The van der Waals surface area contributed by atoms with Crippen LogP contribution in [0, 0.1) is 0 Å². The van der Waals surface area contributed by atoms with Gasteiger partial charge in [0.1, 0.15) is 0 Å². The van der Waals surface area contributed by atoms with Crippen LogP contribution in [0.2, 0.25) is 0 Å². The lowest BCUT2D eigenvalue weighted by Gasteiger charge is -2.05. The molecule has 0 saturated carbocycles. The molecular formula is C13H19NO2. The number of rotatable bonds is 6. The molecule has 88 valence electrons. The van der Waals surface area contributed by atoms with Gasteiger partial charge in [-0.25, -0.2) is 0 Å². The molecule has 1 N–H and O–H groups in total. The maximum atomic E-state index is 11.5. The monoisotopic (exact) mass is 221 g/mol. The summed E-state index contributed by atoms with van der Waals surface area (Å²) in [5.41, 5.74) is 2.34. The number of amides is 1. The van der Waals surface area contributed by atoms with Crippen molar-refractivity contribution in [3.05, 3.63) is 35.4 Å². The summed E-state index contributed by atoms with van der Waals surface area (Å²) in [5, 5.41) is 2.80. The van der Waals surface area contributed by atoms with E-state index in [9.17, 15) is 4.79 Å². The molecule has 0 bridgehead atoms. The first-order valence-corrected chi connectivity index (χ1v) is 5.59. The summed E-state index contributed by atoms with van der Waals surface area (Å²) >= 11 is 0. The van der Waals surface area contributed by atoms with Gasteiger partial charge in [0.25, 0.3) is 0 Å². The van der Waals surface area contributed by atoms with Crippen molar-refractivity contribution in [1.82, 2.24) is 5.32 Å². The van der Waals surface area contributed by atoms with Gasteiger partial charge in [-0.2, -0.15) is 0 Å². The average molecular weight is 221 g/mol. The third kappa shape index (κ3) is 4.45. The number of hydrogen-bond acceptors (Lipinski definition) is 2. The highest BCUT2D eigenvalue weighted by molar-refractivity contribution is 5.78. The van der Waals surface area contributed by atoms with Crippen LogP contribution in [0.25, 0.3) is 0 Å². The highest BCUT2D eigenvalue weighted by Crippen LogP contribution is 2.05. The summed E-state index contributed by atoms with van der Waals surface area (Å²) in [7, 11) is 1.62. The van der Waals surface area contributed by atoms with Crippen LogP contribution >= 0.6 is 0 Å². The topological polar surface area (TPSA) is 38.3 Å². The van der Waals surface area contributed by atoms with E-state index < -0.39 is 0 Å². The fourth-order valence-corrected chi connectivity index (χ4v) is 1.43. The number of benzene rings is 1. The average Bonchev–Trinajstić information content (AvgIpc) is 2.30. The normalized spacial score (nSPS) is 10.1. The molecule has 3 heteroatoms. The summed E-state index contributed by atoms with van der Waals surface area (Å²) in [6.45, 7) is 3.25. The van der Waals surface area contributed by atoms with E-state index in [-0.39, 0.29) is 5.91 Å². The highest BCUT2D eigenvalue weighted by atomic mass is 16.5. The van der Waals surface area contributed by atoms with Gasteiger partial charge >= 0.3 is 0 Å². The fraction of sp³-hybridized carbons (Fsp3) is 0.462. The molecule has 0 aliphatic heterocycles. The molecule has 0 fully saturated rings. The molecule has 3 nitrogen and oxygen atoms in total. The smallest absolute Gasteiger partial charge is 0.224 e. The van der Waals surface area contributed by atoms with E-state index in [0.29, 0.717) is 19.6 Å². The maximum Gasteiger partial charge on any atom is 0.224 e. The Morgan fingerprint density at radius 3 is 2.44 bits per heavy atom. The zero-order valence-electron chi connectivity index (χ0n) is 9.95. The van der Waals surface area contributed by atoms with Crippen molar-refractivity contribution in [3.8, 4) is 0 Å². The van der Waals surface area contributed by atoms with E-state index in [2.05, 4.69) is 24.4 Å². The molecule has 1 rings (SSSR count). The van der Waals surface area contributed by atoms with Crippen molar-refractivity contribution in [2.75, 3.05) is 20.3 Å². The van der Waals surface area contributed by atoms with Crippen molar-refractivity contribution >= 4 is 5.91 Å². The number of nitrogens with one attached hydrogen (secondary N) is 1. The summed E-state index contributed by atoms with van der Waals surface area (Å²) in [5.74, 6) is 0.0429. The van der Waals surface area contributed by atoms with Gasteiger partial charge < -0.3 is 10.1 Å². The maximum absolute atomic E-state index is 11.5. The standard InChI is InChI=1S/C13H19NO2/c1-3-11-4-6-12(7-5-11)10-13(15)14-8-9-16-2/h4-7H,3,8-10H2,1-2H3,(H,14,15). The van der Waals surface area contributed by atoms with E-state index in [1.54, 1.807) is 7.11 Å². The van der Waals surface area contributed by atoms with Crippen LogP contribution in [-0.2, 0) is 22.4 Å². The van der Waals surface area contributed by atoms with Crippen LogP contribution in [0.15, 0.2) is 24.3 Å². The van der Waals surface area contributed by atoms with E-state index >= 15 is 0 Å². The summed E-state index contributed by atoms with van der Waals surface area (Å²) < 4.78 is 4.86. The Labute approximate surface area is 96.8 Å². The summed E-state index contributed by atoms with van der Waals surface area (Å²) in [6.07, 6.45) is 1.47. The number of methoxy groups -OCH3 is 1. The van der Waals surface area contributed by atoms with Gasteiger partial charge in [-0.05, 0) is 17.5 Å². The van der Waals surface area contributed by atoms with Gasteiger partial charge in [0.05, 0.1) is 13.0 Å². The van der Waals surface area contributed by atoms with Crippen molar-refractivity contribution in [2.24, 2.45) is 0 Å². The summed E-state index contributed by atoms with van der Waals surface area (Å²) in [4.78, 5) is 11.5. The van der Waals surface area contributed by atoms with Crippen LogP contribution in [0.5, 0.6) is 0 Å². The molecule has 0 aliphatic rings. The van der Waals surface area contributed by atoms with Crippen LogP contribution in [0.4, 0.5) is 0 Å². The predicted molar refractivity (Wildman–Crippen MR) is 64.4 cm³/mol. The third-order valence-electron chi connectivity index (χ3n) is 2.42.